The smallest absolute Gasteiger partial charge is 0.374 e. The van der Waals surface area contributed by atoms with Gasteiger partial charge in [-0.2, -0.15) is 13.2 Å². The average molecular weight is 417 g/mol. The Kier molecular flexibility index (Phi) is 4.86. The molecule has 9 heteroatoms. The quantitative estimate of drug-likeness (QED) is 0.766. The van der Waals surface area contributed by atoms with Crippen LogP contribution in [0, 0.1) is 6.92 Å². The van der Waals surface area contributed by atoms with Crippen LogP contribution in [0.1, 0.15) is 33.5 Å². The predicted molar refractivity (Wildman–Crippen MR) is 96.1 cm³/mol. The summed E-state index contributed by atoms with van der Waals surface area (Å²) in [5, 5.41) is 3.77. The van der Waals surface area contributed by atoms with Crippen LogP contribution in [-0.4, -0.2) is 17.8 Å². The number of amides is 1. The molecule has 2 aromatic rings. The van der Waals surface area contributed by atoms with Gasteiger partial charge in [0.2, 0.25) is 5.91 Å². The highest BCUT2D eigenvalue weighted by atomic mass is 35.5. The monoisotopic (exact) mass is 416 g/mol. The van der Waals surface area contributed by atoms with Gasteiger partial charge in [0.15, 0.2) is 0 Å². The summed E-state index contributed by atoms with van der Waals surface area (Å²) in [5.74, 6) is -0.683. The molecule has 1 unspecified atom stereocenters. The first-order valence-corrected chi connectivity index (χ1v) is 8.49. The number of alkyl halides is 3. The summed E-state index contributed by atoms with van der Waals surface area (Å²) in [6.07, 6.45) is -5.39. The standard InChI is InChI=1S/C18H13Cl2F3N2O2/c1-9-13(3-2-4-14(9)16(24)26)15-8-17(27-25-15,18(21,22)23)10-5-11(19)7-12(20)6-10/h2-7H,8H2,1H3,(H2,24,26). The molecule has 0 saturated heterocycles. The molecule has 0 fully saturated rings. The molecule has 0 radical (unpaired) electrons. The number of nitrogens with zero attached hydrogens (tertiary/aromatic N) is 1. The van der Waals surface area contributed by atoms with Crippen molar-refractivity contribution >= 4 is 34.8 Å². The van der Waals surface area contributed by atoms with Crippen LogP contribution in [0.2, 0.25) is 10.0 Å². The van der Waals surface area contributed by atoms with Crippen LogP contribution in [0.5, 0.6) is 0 Å². The maximum Gasteiger partial charge on any atom is 0.435 e. The first-order valence-electron chi connectivity index (χ1n) is 7.73. The van der Waals surface area contributed by atoms with Crippen LogP contribution in [-0.2, 0) is 10.4 Å². The van der Waals surface area contributed by atoms with Gasteiger partial charge in [-0.15, -0.1) is 0 Å². The van der Waals surface area contributed by atoms with Crippen molar-refractivity contribution in [1.82, 2.24) is 0 Å². The first-order chi connectivity index (χ1) is 12.5. The molecule has 1 aliphatic rings. The number of oxime groups is 1. The van der Waals surface area contributed by atoms with Gasteiger partial charge < -0.3 is 10.6 Å². The summed E-state index contributed by atoms with van der Waals surface area (Å²) < 4.78 is 42.0. The number of carbonyl (C=O) groups excluding carboxylic acids is 1. The van der Waals surface area contributed by atoms with Gasteiger partial charge in [-0.3, -0.25) is 4.79 Å². The molecule has 142 valence electrons. The molecule has 0 aliphatic carbocycles. The molecule has 1 atom stereocenters. The molecule has 4 nitrogen and oxygen atoms in total. The second-order valence-electron chi connectivity index (χ2n) is 6.13. The molecule has 2 aromatic carbocycles. The Hall–Kier alpha value is -2.25. The number of nitrogens with two attached hydrogens (primary N) is 1. The zero-order chi connectivity index (χ0) is 20.0. The van der Waals surface area contributed by atoms with E-state index >= 15 is 0 Å². The van der Waals surface area contributed by atoms with Gasteiger partial charge >= 0.3 is 6.18 Å². The van der Waals surface area contributed by atoms with Gasteiger partial charge in [-0.25, -0.2) is 0 Å². The van der Waals surface area contributed by atoms with Crippen LogP contribution in [0.15, 0.2) is 41.6 Å². The van der Waals surface area contributed by atoms with Crippen molar-refractivity contribution in [3.05, 3.63) is 68.7 Å². The van der Waals surface area contributed by atoms with E-state index in [4.69, 9.17) is 33.8 Å². The van der Waals surface area contributed by atoms with Crippen molar-refractivity contribution in [2.45, 2.75) is 25.1 Å². The largest absolute Gasteiger partial charge is 0.435 e. The van der Waals surface area contributed by atoms with Gasteiger partial charge in [0, 0.05) is 33.2 Å². The van der Waals surface area contributed by atoms with E-state index < -0.39 is 24.1 Å². The van der Waals surface area contributed by atoms with Crippen LogP contribution in [0.3, 0.4) is 0 Å². The van der Waals surface area contributed by atoms with E-state index in [0.717, 1.165) is 12.1 Å². The highest BCUT2D eigenvalue weighted by Gasteiger charge is 2.62. The molecule has 27 heavy (non-hydrogen) atoms. The summed E-state index contributed by atoms with van der Waals surface area (Å²) >= 11 is 11.8. The molecule has 0 saturated carbocycles. The Morgan fingerprint density at radius 1 is 1.22 bits per heavy atom. The topological polar surface area (TPSA) is 64.7 Å². The minimum Gasteiger partial charge on any atom is -0.374 e. The van der Waals surface area contributed by atoms with Gasteiger partial charge in [-0.1, -0.05) is 40.5 Å². The lowest BCUT2D eigenvalue weighted by Crippen LogP contribution is -2.42. The number of carbonyl (C=O) groups is 1. The Morgan fingerprint density at radius 3 is 2.41 bits per heavy atom. The van der Waals surface area contributed by atoms with Crippen LogP contribution in [0.25, 0.3) is 0 Å². The molecule has 0 spiro atoms. The third kappa shape index (κ3) is 3.37. The molecular weight excluding hydrogens is 404 g/mol. The fourth-order valence-corrected chi connectivity index (χ4v) is 3.58. The molecule has 1 amide bonds. The minimum absolute atomic E-state index is 0.0454. The van der Waals surface area contributed by atoms with E-state index in [1.165, 1.54) is 18.2 Å². The molecule has 0 aromatic heterocycles. The number of hydrogen-bond donors (Lipinski definition) is 1. The average Bonchev–Trinajstić information content (AvgIpc) is 3.00. The number of hydrogen-bond acceptors (Lipinski definition) is 3. The third-order valence-electron chi connectivity index (χ3n) is 4.42. The Bertz CT molecular complexity index is 940. The van der Waals surface area contributed by atoms with Gasteiger partial charge in [0.25, 0.3) is 5.60 Å². The fraction of sp³-hybridized carbons (Fsp3) is 0.222. The van der Waals surface area contributed by atoms with E-state index in [2.05, 4.69) is 5.16 Å². The maximum absolute atomic E-state index is 14.0. The van der Waals surface area contributed by atoms with E-state index in [9.17, 15) is 18.0 Å². The normalized spacial score (nSPS) is 19.6. The van der Waals surface area contributed by atoms with E-state index in [1.54, 1.807) is 13.0 Å². The van der Waals surface area contributed by atoms with Crippen molar-refractivity contribution in [2.75, 3.05) is 0 Å². The number of halogens is 5. The van der Waals surface area contributed by atoms with E-state index in [0.29, 0.717) is 11.1 Å². The molecule has 2 N–H and O–H groups in total. The number of primary amides is 1. The van der Waals surface area contributed by atoms with Crippen molar-refractivity contribution < 1.29 is 22.8 Å². The molecule has 3 rings (SSSR count). The van der Waals surface area contributed by atoms with Crippen molar-refractivity contribution in [1.29, 1.82) is 0 Å². The lowest BCUT2D eigenvalue weighted by atomic mass is 9.85. The fourth-order valence-electron chi connectivity index (χ4n) is 3.05. The Balaban J connectivity index is 2.08. The van der Waals surface area contributed by atoms with Crippen molar-refractivity contribution in [3.63, 3.8) is 0 Å². The van der Waals surface area contributed by atoms with E-state index in [-0.39, 0.29) is 26.9 Å². The van der Waals surface area contributed by atoms with Gasteiger partial charge in [-0.05, 0) is 36.8 Å². The molecule has 1 aliphatic heterocycles. The number of rotatable bonds is 3. The summed E-state index contributed by atoms with van der Waals surface area (Å²) in [4.78, 5) is 16.5. The number of benzene rings is 2. The SMILES string of the molecule is Cc1c(C(N)=O)cccc1C1=NOC(c2cc(Cl)cc(Cl)c2)(C(F)(F)F)C1. The zero-order valence-corrected chi connectivity index (χ0v) is 15.4. The second-order valence-corrected chi connectivity index (χ2v) is 7.00. The second kappa shape index (κ2) is 6.73. The molecular formula is C18H13Cl2F3N2O2. The highest BCUT2D eigenvalue weighted by Crippen LogP contribution is 2.49. The zero-order valence-electron chi connectivity index (χ0n) is 13.9. The molecule has 1 heterocycles. The predicted octanol–water partition coefficient (Wildman–Crippen LogP) is 4.98. The lowest BCUT2D eigenvalue weighted by Gasteiger charge is -2.29. The van der Waals surface area contributed by atoms with Gasteiger partial charge in [0.05, 0.1) is 5.71 Å². The third-order valence-corrected chi connectivity index (χ3v) is 4.86. The van der Waals surface area contributed by atoms with Gasteiger partial charge in [0.1, 0.15) is 0 Å². The minimum atomic E-state index is -4.79. The highest BCUT2D eigenvalue weighted by molar-refractivity contribution is 6.34. The van der Waals surface area contributed by atoms with Crippen molar-refractivity contribution in [2.24, 2.45) is 10.9 Å². The summed E-state index contributed by atoms with van der Waals surface area (Å²) in [7, 11) is 0. The van der Waals surface area contributed by atoms with Crippen LogP contribution in [0.4, 0.5) is 13.2 Å². The summed E-state index contributed by atoms with van der Waals surface area (Å²) in [6, 6.07) is 8.19. The molecule has 0 bridgehead atoms. The first kappa shape index (κ1) is 19.5. The van der Waals surface area contributed by atoms with Crippen LogP contribution >= 0.6 is 23.2 Å². The summed E-state index contributed by atoms with van der Waals surface area (Å²) in [5.41, 5.74) is 3.35. The Morgan fingerprint density at radius 2 is 1.85 bits per heavy atom. The van der Waals surface area contributed by atoms with E-state index in [1.807, 2.05) is 0 Å². The van der Waals surface area contributed by atoms with Crippen molar-refractivity contribution in [3.8, 4) is 0 Å². The van der Waals surface area contributed by atoms with Crippen LogP contribution < -0.4 is 5.73 Å². The Labute approximate surface area is 162 Å². The summed E-state index contributed by atoms with van der Waals surface area (Å²) in [6.45, 7) is 1.59. The maximum atomic E-state index is 14.0. The lowest BCUT2D eigenvalue weighted by molar-refractivity contribution is -0.275.